The van der Waals surface area contributed by atoms with Crippen molar-refractivity contribution in [2.24, 2.45) is 0 Å². The van der Waals surface area contributed by atoms with Crippen LogP contribution in [0.5, 0.6) is 0 Å². The topological polar surface area (TPSA) is 94.1 Å². The highest BCUT2D eigenvalue weighted by molar-refractivity contribution is 6.13. The number of hydrogen-bond acceptors (Lipinski definition) is 5. The fourth-order valence-electron chi connectivity index (χ4n) is 3.93. The van der Waals surface area contributed by atoms with Gasteiger partial charge in [0.25, 0.3) is 5.91 Å². The van der Waals surface area contributed by atoms with Gasteiger partial charge in [-0.3, -0.25) is 9.89 Å². The van der Waals surface area contributed by atoms with Crippen molar-refractivity contribution >= 4 is 28.3 Å². The van der Waals surface area contributed by atoms with Crippen molar-refractivity contribution in [1.29, 1.82) is 0 Å². The van der Waals surface area contributed by atoms with Crippen LogP contribution in [-0.2, 0) is 0 Å². The van der Waals surface area contributed by atoms with Gasteiger partial charge in [0.2, 0.25) is 0 Å². The Morgan fingerprint density at radius 3 is 2.83 bits per heavy atom. The van der Waals surface area contributed by atoms with E-state index in [-0.39, 0.29) is 23.9 Å². The first kappa shape index (κ1) is 19.3. The largest absolute Gasteiger partial charge is 0.393 e. The number of fused-ring (bicyclic) bond motifs is 1. The molecule has 8 heteroatoms. The van der Waals surface area contributed by atoms with E-state index in [2.05, 4.69) is 20.5 Å². The van der Waals surface area contributed by atoms with Gasteiger partial charge in [0, 0.05) is 24.5 Å². The number of aromatic nitrogens is 3. The molecule has 1 amide bonds. The number of aliphatic hydroxyl groups is 1. The first-order chi connectivity index (χ1) is 14.1. The number of benzene rings is 1. The maximum Gasteiger partial charge on any atom is 0.261 e. The van der Waals surface area contributed by atoms with E-state index in [9.17, 15) is 14.3 Å². The minimum Gasteiger partial charge on any atom is -0.393 e. The second-order valence-corrected chi connectivity index (χ2v) is 7.37. The molecule has 0 bridgehead atoms. The predicted molar refractivity (Wildman–Crippen MR) is 110 cm³/mol. The fourth-order valence-corrected chi connectivity index (χ4v) is 3.93. The summed E-state index contributed by atoms with van der Waals surface area (Å²) in [6.07, 6.45) is 6.12. The summed E-state index contributed by atoms with van der Waals surface area (Å²) in [4.78, 5) is 19.4. The SMILES string of the molecule is CCN(C(=O)c1cnc2[nH]ncc2c1NC1CCCC(O)C1)c1ccc(F)cc1. The molecule has 1 aliphatic carbocycles. The minimum absolute atomic E-state index is 0.0618. The molecule has 4 rings (SSSR count). The molecular formula is C21H24FN5O2. The molecule has 2 heterocycles. The van der Waals surface area contributed by atoms with Crippen molar-refractivity contribution in [2.75, 3.05) is 16.8 Å². The van der Waals surface area contributed by atoms with E-state index in [4.69, 9.17) is 0 Å². The van der Waals surface area contributed by atoms with Crippen molar-refractivity contribution in [3.05, 3.63) is 48.0 Å². The Hall–Kier alpha value is -3.00. The minimum atomic E-state index is -0.350. The predicted octanol–water partition coefficient (Wildman–Crippen LogP) is 3.48. The second kappa shape index (κ2) is 8.16. The molecule has 1 aromatic carbocycles. The van der Waals surface area contributed by atoms with Gasteiger partial charge < -0.3 is 15.3 Å². The zero-order valence-corrected chi connectivity index (χ0v) is 16.2. The van der Waals surface area contributed by atoms with Gasteiger partial charge in [0.05, 0.1) is 28.9 Å². The van der Waals surface area contributed by atoms with Crippen molar-refractivity contribution in [2.45, 2.75) is 44.8 Å². The number of H-pyrrole nitrogens is 1. The quantitative estimate of drug-likeness (QED) is 0.613. The number of nitrogens with one attached hydrogen (secondary N) is 2. The summed E-state index contributed by atoms with van der Waals surface area (Å²) in [6, 6.07) is 5.92. The zero-order valence-electron chi connectivity index (χ0n) is 16.2. The van der Waals surface area contributed by atoms with Gasteiger partial charge in [0.15, 0.2) is 5.65 Å². The molecule has 1 aliphatic rings. The standard InChI is InChI=1S/C21H24FN5O2/c1-2-27(15-8-6-13(22)7-9-15)21(29)18-11-23-20-17(12-24-26-20)19(18)25-14-4-3-5-16(28)10-14/h6-9,11-12,14,16,28H,2-5,10H2,1H3,(H2,23,24,25,26). The van der Waals surface area contributed by atoms with Crippen LogP contribution in [0.2, 0.25) is 0 Å². The number of aliphatic hydroxyl groups excluding tert-OH is 1. The highest BCUT2D eigenvalue weighted by Gasteiger charge is 2.26. The third kappa shape index (κ3) is 3.93. The lowest BCUT2D eigenvalue weighted by Gasteiger charge is -2.29. The van der Waals surface area contributed by atoms with Crippen LogP contribution in [0.3, 0.4) is 0 Å². The van der Waals surface area contributed by atoms with Gasteiger partial charge in [0.1, 0.15) is 5.82 Å². The summed E-state index contributed by atoms with van der Waals surface area (Å²) >= 11 is 0. The third-order valence-electron chi connectivity index (χ3n) is 5.41. The average Bonchev–Trinajstić information content (AvgIpc) is 3.19. The van der Waals surface area contributed by atoms with Gasteiger partial charge in [-0.1, -0.05) is 0 Å². The Kier molecular flexibility index (Phi) is 5.44. The van der Waals surface area contributed by atoms with Crippen molar-refractivity contribution in [3.63, 3.8) is 0 Å². The number of carbonyl (C=O) groups is 1. The van der Waals surface area contributed by atoms with E-state index in [0.29, 0.717) is 35.6 Å². The summed E-state index contributed by atoms with van der Waals surface area (Å²) in [5.74, 6) is -0.578. The summed E-state index contributed by atoms with van der Waals surface area (Å²) in [5.41, 5.74) is 2.29. The lowest BCUT2D eigenvalue weighted by molar-refractivity contribution is 0.0988. The number of hydrogen-bond donors (Lipinski definition) is 3. The van der Waals surface area contributed by atoms with Crippen LogP contribution in [0, 0.1) is 5.82 Å². The maximum absolute atomic E-state index is 13.4. The van der Waals surface area contributed by atoms with Crippen LogP contribution in [-0.4, -0.2) is 44.9 Å². The third-order valence-corrected chi connectivity index (χ3v) is 5.41. The summed E-state index contributed by atoms with van der Waals surface area (Å²) in [5, 5.41) is 21.1. The molecule has 2 atom stereocenters. The van der Waals surface area contributed by atoms with Gasteiger partial charge in [-0.15, -0.1) is 0 Å². The normalized spacial score (nSPS) is 19.3. The van der Waals surface area contributed by atoms with E-state index in [1.54, 1.807) is 23.2 Å². The lowest BCUT2D eigenvalue weighted by Crippen LogP contribution is -2.34. The number of carbonyl (C=O) groups excluding carboxylic acids is 1. The van der Waals surface area contributed by atoms with Crippen LogP contribution in [0.25, 0.3) is 11.0 Å². The molecule has 2 aromatic heterocycles. The first-order valence-electron chi connectivity index (χ1n) is 9.91. The smallest absolute Gasteiger partial charge is 0.261 e. The van der Waals surface area contributed by atoms with Gasteiger partial charge in [-0.2, -0.15) is 5.10 Å². The number of halogens is 1. The molecule has 0 radical (unpaired) electrons. The van der Waals surface area contributed by atoms with Crippen LogP contribution < -0.4 is 10.2 Å². The van der Waals surface area contributed by atoms with Gasteiger partial charge in [-0.25, -0.2) is 9.37 Å². The number of rotatable bonds is 5. The Labute approximate surface area is 167 Å². The average molecular weight is 397 g/mol. The van der Waals surface area contributed by atoms with E-state index in [1.165, 1.54) is 18.3 Å². The van der Waals surface area contributed by atoms with E-state index in [1.807, 2.05) is 6.92 Å². The van der Waals surface area contributed by atoms with Crippen molar-refractivity contribution in [3.8, 4) is 0 Å². The highest BCUT2D eigenvalue weighted by Crippen LogP contribution is 2.31. The second-order valence-electron chi connectivity index (χ2n) is 7.37. The number of anilines is 2. The monoisotopic (exact) mass is 397 g/mol. The summed E-state index contributed by atoms with van der Waals surface area (Å²) in [7, 11) is 0. The van der Waals surface area contributed by atoms with Crippen LogP contribution in [0.15, 0.2) is 36.7 Å². The Bertz CT molecular complexity index is 1000. The van der Waals surface area contributed by atoms with Crippen LogP contribution in [0.1, 0.15) is 43.0 Å². The van der Waals surface area contributed by atoms with Crippen molar-refractivity contribution < 1.29 is 14.3 Å². The molecule has 0 saturated heterocycles. The lowest BCUT2D eigenvalue weighted by atomic mass is 9.92. The fraction of sp³-hybridized carbons (Fsp3) is 0.381. The van der Waals surface area contributed by atoms with E-state index in [0.717, 1.165) is 24.6 Å². The maximum atomic E-state index is 13.4. The highest BCUT2D eigenvalue weighted by atomic mass is 19.1. The molecule has 3 aromatic rings. The molecule has 0 spiro atoms. The number of nitrogens with zero attached hydrogens (tertiary/aromatic N) is 3. The Morgan fingerprint density at radius 1 is 1.31 bits per heavy atom. The van der Waals surface area contributed by atoms with Gasteiger partial charge in [-0.05, 0) is 56.9 Å². The molecule has 152 valence electrons. The number of aromatic amines is 1. The molecule has 1 saturated carbocycles. The van der Waals surface area contributed by atoms with Crippen LogP contribution >= 0.6 is 0 Å². The van der Waals surface area contributed by atoms with Crippen LogP contribution in [0.4, 0.5) is 15.8 Å². The molecule has 29 heavy (non-hydrogen) atoms. The molecule has 2 unspecified atom stereocenters. The Morgan fingerprint density at radius 2 is 2.10 bits per heavy atom. The Balaban J connectivity index is 1.72. The first-order valence-corrected chi connectivity index (χ1v) is 9.91. The number of pyridine rings is 1. The summed E-state index contributed by atoms with van der Waals surface area (Å²) < 4.78 is 13.3. The summed E-state index contributed by atoms with van der Waals surface area (Å²) in [6.45, 7) is 2.30. The van der Waals surface area contributed by atoms with Crippen molar-refractivity contribution in [1.82, 2.24) is 15.2 Å². The molecule has 3 N–H and O–H groups in total. The molecular weight excluding hydrogens is 373 g/mol. The zero-order chi connectivity index (χ0) is 20.4. The number of amides is 1. The molecule has 1 fully saturated rings. The van der Waals surface area contributed by atoms with E-state index >= 15 is 0 Å². The molecule has 0 aliphatic heterocycles. The molecule has 7 nitrogen and oxygen atoms in total. The van der Waals surface area contributed by atoms with Gasteiger partial charge >= 0.3 is 0 Å². The van der Waals surface area contributed by atoms with E-state index < -0.39 is 0 Å².